The Kier molecular flexibility index (Phi) is 5.53. The molecule has 0 unspecified atom stereocenters. The maximum atomic E-state index is 7.94. The molecule has 7 heavy (non-hydrogen) atoms. The minimum absolute atomic E-state index is 0.396. The van der Waals surface area contributed by atoms with Gasteiger partial charge < -0.3 is 5.32 Å². The normalized spacial score (nSPS) is 8.00. The summed E-state index contributed by atoms with van der Waals surface area (Å²) in [6.45, 7) is 1.11. The molecule has 0 amide bonds. The zero-order chi connectivity index (χ0) is 5.54. The van der Waals surface area contributed by atoms with Gasteiger partial charge in [-0.05, 0) is 0 Å². The van der Waals surface area contributed by atoms with Crippen LogP contribution in [0.1, 0.15) is 0 Å². The summed E-state index contributed by atoms with van der Waals surface area (Å²) >= 11 is 5.27. The summed E-state index contributed by atoms with van der Waals surface area (Å²) in [7, 11) is 0. The third kappa shape index (κ3) is 5.74. The highest BCUT2D eigenvalue weighted by Crippen LogP contribution is 1.66. The summed E-state index contributed by atoms with van der Waals surface area (Å²) in [4.78, 5) is 0. The van der Waals surface area contributed by atoms with Gasteiger partial charge in [0, 0.05) is 12.4 Å². The third-order valence-electron chi connectivity index (χ3n) is 0.475. The first-order valence-corrected chi connectivity index (χ1v) is 2.59. The molecule has 0 aliphatic heterocycles. The second kappa shape index (κ2) is 5.74. The van der Waals surface area contributed by atoms with E-state index in [1.807, 2.05) is 6.07 Å². The lowest BCUT2D eigenvalue weighted by Crippen LogP contribution is -2.15. The van der Waals surface area contributed by atoms with Crippen LogP contribution >= 0.6 is 11.6 Å². The van der Waals surface area contributed by atoms with Crippen molar-refractivity contribution in [1.82, 2.24) is 5.32 Å². The van der Waals surface area contributed by atoms with Gasteiger partial charge in [0.25, 0.3) is 0 Å². The summed E-state index contributed by atoms with van der Waals surface area (Å²) in [6.07, 6.45) is 0. The fourth-order valence-corrected chi connectivity index (χ4v) is 0.345. The Balaban J connectivity index is 2.60. The van der Waals surface area contributed by atoms with E-state index in [0.717, 1.165) is 6.54 Å². The van der Waals surface area contributed by atoms with Crippen LogP contribution in [0.3, 0.4) is 0 Å². The first-order valence-electron chi connectivity index (χ1n) is 2.05. The molecular weight excluding hydrogens is 112 g/mol. The van der Waals surface area contributed by atoms with Crippen LogP contribution in [0.25, 0.3) is 0 Å². The SMILES string of the molecule is N#CCNCCCl. The summed E-state index contributed by atoms with van der Waals surface area (Å²) in [5.74, 6) is 0.571. The van der Waals surface area contributed by atoms with Crippen LogP contribution in [0, 0.1) is 11.3 Å². The molecule has 0 aliphatic carbocycles. The molecule has 0 aromatic heterocycles. The Hall–Kier alpha value is -0.260. The molecule has 0 saturated carbocycles. The van der Waals surface area contributed by atoms with E-state index >= 15 is 0 Å². The molecule has 0 rings (SSSR count). The van der Waals surface area contributed by atoms with Crippen LogP contribution in [-0.4, -0.2) is 19.0 Å². The number of nitriles is 1. The zero-order valence-corrected chi connectivity index (χ0v) is 4.70. The van der Waals surface area contributed by atoms with E-state index in [4.69, 9.17) is 16.9 Å². The van der Waals surface area contributed by atoms with Crippen LogP contribution in [0.2, 0.25) is 0 Å². The Morgan fingerprint density at radius 1 is 1.71 bits per heavy atom. The van der Waals surface area contributed by atoms with E-state index < -0.39 is 0 Å². The number of rotatable bonds is 3. The van der Waals surface area contributed by atoms with Crippen molar-refractivity contribution >= 4 is 11.6 Å². The fraction of sp³-hybridized carbons (Fsp3) is 0.750. The van der Waals surface area contributed by atoms with E-state index in [-0.39, 0.29) is 0 Å². The molecule has 3 heteroatoms. The van der Waals surface area contributed by atoms with E-state index in [1.165, 1.54) is 0 Å². The van der Waals surface area contributed by atoms with Gasteiger partial charge in [-0.25, -0.2) is 0 Å². The molecule has 0 aromatic carbocycles. The van der Waals surface area contributed by atoms with Crippen molar-refractivity contribution in [2.45, 2.75) is 0 Å². The van der Waals surface area contributed by atoms with Gasteiger partial charge in [-0.1, -0.05) is 0 Å². The van der Waals surface area contributed by atoms with Crippen LogP contribution in [0.4, 0.5) is 0 Å². The van der Waals surface area contributed by atoms with Crippen molar-refractivity contribution in [1.29, 1.82) is 5.26 Å². The molecule has 40 valence electrons. The maximum absolute atomic E-state index is 7.94. The molecule has 0 heterocycles. The summed E-state index contributed by atoms with van der Waals surface area (Å²) in [5, 5.41) is 10.7. The number of alkyl halides is 1. The predicted octanol–water partition coefficient (Wildman–Crippen LogP) is 0.338. The standard InChI is InChI=1S/C4H7ClN2/c5-1-3-7-4-2-6/h7H,1,3-4H2. The van der Waals surface area contributed by atoms with Crippen molar-refractivity contribution in [3.63, 3.8) is 0 Å². The Morgan fingerprint density at radius 3 is 2.86 bits per heavy atom. The summed E-state index contributed by atoms with van der Waals surface area (Å²) < 4.78 is 0. The quantitative estimate of drug-likeness (QED) is 0.330. The van der Waals surface area contributed by atoms with Crippen LogP contribution in [0.15, 0.2) is 0 Å². The van der Waals surface area contributed by atoms with E-state index in [2.05, 4.69) is 5.32 Å². The molecule has 0 bridgehead atoms. The lowest BCUT2D eigenvalue weighted by molar-refractivity contribution is 0.810. The molecule has 0 spiro atoms. The predicted molar refractivity (Wildman–Crippen MR) is 29.2 cm³/mol. The third-order valence-corrected chi connectivity index (χ3v) is 0.664. The first kappa shape index (κ1) is 6.74. The summed E-state index contributed by atoms with van der Waals surface area (Å²) in [6, 6.07) is 1.93. The number of nitrogens with one attached hydrogen (secondary N) is 1. The molecule has 0 saturated heterocycles. The lowest BCUT2D eigenvalue weighted by atomic mass is 10.6. The van der Waals surface area contributed by atoms with Crippen molar-refractivity contribution in [3.05, 3.63) is 0 Å². The van der Waals surface area contributed by atoms with Crippen molar-refractivity contribution < 1.29 is 0 Å². The number of hydrogen-bond donors (Lipinski definition) is 1. The maximum Gasteiger partial charge on any atom is 0.0841 e. The van der Waals surface area contributed by atoms with Gasteiger partial charge in [0.2, 0.25) is 0 Å². The number of nitrogens with zero attached hydrogens (tertiary/aromatic N) is 1. The van der Waals surface area contributed by atoms with E-state index in [1.54, 1.807) is 0 Å². The van der Waals surface area contributed by atoms with Gasteiger partial charge in [-0.3, -0.25) is 0 Å². The van der Waals surface area contributed by atoms with E-state index in [9.17, 15) is 0 Å². The van der Waals surface area contributed by atoms with Crippen molar-refractivity contribution in [2.75, 3.05) is 19.0 Å². The van der Waals surface area contributed by atoms with Crippen molar-refractivity contribution in [2.24, 2.45) is 0 Å². The van der Waals surface area contributed by atoms with Gasteiger partial charge in [0.15, 0.2) is 0 Å². The van der Waals surface area contributed by atoms with Gasteiger partial charge >= 0.3 is 0 Å². The molecule has 0 radical (unpaired) electrons. The van der Waals surface area contributed by atoms with E-state index in [0.29, 0.717) is 12.4 Å². The highest BCUT2D eigenvalue weighted by molar-refractivity contribution is 6.18. The van der Waals surface area contributed by atoms with Gasteiger partial charge in [-0.15, -0.1) is 11.6 Å². The molecule has 0 aliphatic rings. The largest absolute Gasteiger partial charge is 0.303 e. The van der Waals surface area contributed by atoms with Crippen LogP contribution < -0.4 is 5.32 Å². The highest BCUT2D eigenvalue weighted by Gasteiger charge is 1.77. The Bertz CT molecular complexity index is 66.6. The highest BCUT2D eigenvalue weighted by atomic mass is 35.5. The lowest BCUT2D eigenvalue weighted by Gasteiger charge is -1.88. The second-order valence-corrected chi connectivity index (χ2v) is 1.40. The molecule has 2 nitrogen and oxygen atoms in total. The van der Waals surface area contributed by atoms with Crippen LogP contribution in [0.5, 0.6) is 0 Å². The smallest absolute Gasteiger partial charge is 0.0841 e. The second-order valence-electron chi connectivity index (χ2n) is 1.02. The van der Waals surface area contributed by atoms with Crippen molar-refractivity contribution in [3.8, 4) is 6.07 Å². The summed E-state index contributed by atoms with van der Waals surface area (Å²) in [5.41, 5.74) is 0. The first-order chi connectivity index (χ1) is 3.41. The number of halogens is 1. The molecular formula is C4H7ClN2. The van der Waals surface area contributed by atoms with Gasteiger partial charge in [0.1, 0.15) is 0 Å². The molecule has 1 N–H and O–H groups in total. The number of hydrogen-bond acceptors (Lipinski definition) is 2. The molecule has 0 fully saturated rings. The van der Waals surface area contributed by atoms with Gasteiger partial charge in [0.05, 0.1) is 12.6 Å². The fourth-order valence-electron chi connectivity index (χ4n) is 0.211. The minimum atomic E-state index is 0.396. The molecule has 0 atom stereocenters. The average Bonchev–Trinajstić information content (AvgIpc) is 1.69. The average molecular weight is 119 g/mol. The van der Waals surface area contributed by atoms with Gasteiger partial charge in [-0.2, -0.15) is 5.26 Å². The Morgan fingerprint density at radius 2 is 2.43 bits per heavy atom. The topological polar surface area (TPSA) is 35.8 Å². The zero-order valence-electron chi connectivity index (χ0n) is 3.95. The molecule has 0 aromatic rings. The van der Waals surface area contributed by atoms with Crippen LogP contribution in [-0.2, 0) is 0 Å². The minimum Gasteiger partial charge on any atom is -0.303 e. The monoisotopic (exact) mass is 118 g/mol. The Labute approximate surface area is 48.1 Å².